The van der Waals surface area contributed by atoms with Gasteiger partial charge in [-0.15, -0.1) is 11.8 Å². The minimum Gasteiger partial charge on any atom is -0.381 e. The Morgan fingerprint density at radius 2 is 2.53 bits per heavy atom. The maximum Gasteiger partial charge on any atom is 0.240 e. The van der Waals surface area contributed by atoms with E-state index in [1.165, 1.54) is 0 Å². The summed E-state index contributed by atoms with van der Waals surface area (Å²) in [6.45, 7) is 2.50. The molecule has 15 heavy (non-hydrogen) atoms. The maximum atomic E-state index is 11.9. The molecule has 0 aliphatic carbocycles. The van der Waals surface area contributed by atoms with Gasteiger partial charge in [0.05, 0.1) is 12.6 Å². The van der Waals surface area contributed by atoms with Crippen LogP contribution in [0.2, 0.25) is 0 Å². The Kier molecular flexibility index (Phi) is 3.88. The monoisotopic (exact) mass is 230 g/mol. The molecule has 0 aromatic rings. The minimum absolute atomic E-state index is 0.0299. The summed E-state index contributed by atoms with van der Waals surface area (Å²) in [6, 6.07) is 0.0299. The Labute approximate surface area is 94.7 Å². The van der Waals surface area contributed by atoms with E-state index in [1.54, 1.807) is 11.8 Å². The standard InChI is InChI=1S/C10H18N2O2S/c1-12(4-8-2-3-14-5-8)10(13)9-6-15-7-11-9/h8-9,11H,2-7H2,1H3/t8?,9-/m1/s1. The summed E-state index contributed by atoms with van der Waals surface area (Å²) in [5, 5.41) is 3.20. The molecule has 0 aromatic heterocycles. The molecule has 0 spiro atoms. The lowest BCUT2D eigenvalue weighted by Gasteiger charge is -2.23. The van der Waals surface area contributed by atoms with Crippen LogP contribution in [0.4, 0.5) is 0 Å². The molecule has 1 N–H and O–H groups in total. The van der Waals surface area contributed by atoms with Gasteiger partial charge in [-0.3, -0.25) is 10.1 Å². The fraction of sp³-hybridized carbons (Fsp3) is 0.900. The predicted octanol–water partition coefficient (Wildman–Crippen LogP) is 0.144. The summed E-state index contributed by atoms with van der Waals surface area (Å²) >= 11 is 1.79. The zero-order valence-electron chi connectivity index (χ0n) is 9.07. The average molecular weight is 230 g/mol. The molecule has 1 unspecified atom stereocenters. The zero-order valence-corrected chi connectivity index (χ0v) is 9.89. The third-order valence-electron chi connectivity index (χ3n) is 2.95. The molecule has 2 rings (SSSR count). The van der Waals surface area contributed by atoms with Crippen molar-refractivity contribution in [2.45, 2.75) is 12.5 Å². The van der Waals surface area contributed by atoms with Crippen molar-refractivity contribution >= 4 is 17.7 Å². The summed E-state index contributed by atoms with van der Waals surface area (Å²) in [6.07, 6.45) is 1.09. The van der Waals surface area contributed by atoms with Crippen LogP contribution in [0.15, 0.2) is 0 Å². The first-order valence-corrected chi connectivity index (χ1v) is 6.56. The van der Waals surface area contributed by atoms with E-state index in [1.807, 2.05) is 11.9 Å². The van der Waals surface area contributed by atoms with Gasteiger partial charge in [-0.1, -0.05) is 0 Å². The molecule has 86 valence electrons. The SMILES string of the molecule is CN(CC1CCOC1)C(=O)[C@H]1CSCN1. The number of carbonyl (C=O) groups is 1. The number of thioether (sulfide) groups is 1. The number of ether oxygens (including phenoxy) is 1. The van der Waals surface area contributed by atoms with Gasteiger partial charge in [0, 0.05) is 37.7 Å². The van der Waals surface area contributed by atoms with Gasteiger partial charge in [-0.05, 0) is 6.42 Å². The van der Waals surface area contributed by atoms with Crippen molar-refractivity contribution < 1.29 is 9.53 Å². The third kappa shape index (κ3) is 2.86. The van der Waals surface area contributed by atoms with Gasteiger partial charge in [-0.2, -0.15) is 0 Å². The first-order valence-electron chi connectivity index (χ1n) is 5.41. The smallest absolute Gasteiger partial charge is 0.240 e. The Hall–Kier alpha value is -0.260. The van der Waals surface area contributed by atoms with Crippen LogP contribution in [0.1, 0.15) is 6.42 Å². The lowest BCUT2D eigenvalue weighted by Crippen LogP contribution is -2.44. The number of hydrogen-bond donors (Lipinski definition) is 1. The van der Waals surface area contributed by atoms with Crippen LogP contribution in [-0.4, -0.2) is 55.3 Å². The Bertz CT molecular complexity index is 225. The quantitative estimate of drug-likeness (QED) is 0.749. The lowest BCUT2D eigenvalue weighted by atomic mass is 10.1. The van der Waals surface area contributed by atoms with Crippen LogP contribution < -0.4 is 5.32 Å². The molecule has 2 aliphatic rings. The fourth-order valence-corrected chi connectivity index (χ4v) is 2.96. The highest BCUT2D eigenvalue weighted by molar-refractivity contribution is 7.99. The topological polar surface area (TPSA) is 41.6 Å². The first-order chi connectivity index (χ1) is 7.27. The number of amides is 1. The molecule has 0 aromatic carbocycles. The Morgan fingerprint density at radius 1 is 1.67 bits per heavy atom. The second kappa shape index (κ2) is 5.18. The minimum atomic E-state index is 0.0299. The molecule has 2 aliphatic heterocycles. The molecule has 1 amide bonds. The number of nitrogens with one attached hydrogen (secondary N) is 1. The highest BCUT2D eigenvalue weighted by Gasteiger charge is 2.27. The summed E-state index contributed by atoms with van der Waals surface area (Å²) < 4.78 is 5.31. The fourth-order valence-electron chi connectivity index (χ4n) is 2.02. The number of rotatable bonds is 3. The molecule has 5 heteroatoms. The van der Waals surface area contributed by atoms with Crippen LogP contribution in [0.5, 0.6) is 0 Å². The van der Waals surface area contributed by atoms with Crippen LogP contribution in [0, 0.1) is 5.92 Å². The van der Waals surface area contributed by atoms with Crippen molar-refractivity contribution in [3.05, 3.63) is 0 Å². The second-order valence-corrected chi connectivity index (χ2v) is 5.25. The number of carbonyl (C=O) groups excluding carboxylic acids is 1. The van der Waals surface area contributed by atoms with Crippen molar-refractivity contribution in [2.75, 3.05) is 38.4 Å². The maximum absolute atomic E-state index is 11.9. The van der Waals surface area contributed by atoms with Gasteiger partial charge >= 0.3 is 0 Å². The van der Waals surface area contributed by atoms with Gasteiger partial charge < -0.3 is 9.64 Å². The van der Waals surface area contributed by atoms with E-state index in [2.05, 4.69) is 5.32 Å². The molecule has 2 saturated heterocycles. The van der Waals surface area contributed by atoms with Crippen molar-refractivity contribution in [1.29, 1.82) is 0 Å². The summed E-state index contributed by atoms with van der Waals surface area (Å²) in [5.41, 5.74) is 0. The van der Waals surface area contributed by atoms with E-state index in [4.69, 9.17) is 4.74 Å². The molecule has 0 saturated carbocycles. The molecular weight excluding hydrogens is 212 g/mol. The summed E-state index contributed by atoms with van der Waals surface area (Å²) in [7, 11) is 1.89. The molecule has 0 bridgehead atoms. The largest absolute Gasteiger partial charge is 0.381 e. The lowest BCUT2D eigenvalue weighted by molar-refractivity contribution is -0.131. The van der Waals surface area contributed by atoms with Crippen LogP contribution in [0.3, 0.4) is 0 Å². The van der Waals surface area contributed by atoms with E-state index in [0.29, 0.717) is 5.92 Å². The van der Waals surface area contributed by atoms with Crippen LogP contribution >= 0.6 is 11.8 Å². The Morgan fingerprint density at radius 3 is 3.13 bits per heavy atom. The molecule has 4 nitrogen and oxygen atoms in total. The van der Waals surface area contributed by atoms with E-state index in [9.17, 15) is 4.79 Å². The van der Waals surface area contributed by atoms with E-state index in [0.717, 1.165) is 37.8 Å². The van der Waals surface area contributed by atoms with Gasteiger partial charge in [0.15, 0.2) is 0 Å². The average Bonchev–Trinajstić information content (AvgIpc) is 2.88. The van der Waals surface area contributed by atoms with Crippen LogP contribution in [0.25, 0.3) is 0 Å². The Balaban J connectivity index is 1.78. The summed E-state index contributed by atoms with van der Waals surface area (Å²) in [5.74, 6) is 2.57. The number of nitrogens with zero attached hydrogens (tertiary/aromatic N) is 1. The first kappa shape index (κ1) is 11.2. The molecular formula is C10H18N2O2S. The molecule has 2 heterocycles. The highest BCUT2D eigenvalue weighted by Crippen LogP contribution is 2.16. The van der Waals surface area contributed by atoms with E-state index < -0.39 is 0 Å². The normalized spacial score (nSPS) is 30.7. The van der Waals surface area contributed by atoms with Crippen molar-refractivity contribution in [3.8, 4) is 0 Å². The molecule has 0 radical (unpaired) electrons. The van der Waals surface area contributed by atoms with Crippen LogP contribution in [-0.2, 0) is 9.53 Å². The van der Waals surface area contributed by atoms with Crippen molar-refractivity contribution in [1.82, 2.24) is 10.2 Å². The molecule has 2 atom stereocenters. The van der Waals surface area contributed by atoms with Gasteiger partial charge in [0.25, 0.3) is 0 Å². The highest BCUT2D eigenvalue weighted by atomic mass is 32.2. The van der Waals surface area contributed by atoms with Gasteiger partial charge in [0.2, 0.25) is 5.91 Å². The van der Waals surface area contributed by atoms with Gasteiger partial charge in [0.1, 0.15) is 0 Å². The molecule has 2 fully saturated rings. The zero-order chi connectivity index (χ0) is 10.7. The van der Waals surface area contributed by atoms with Gasteiger partial charge in [-0.25, -0.2) is 0 Å². The second-order valence-electron chi connectivity index (χ2n) is 4.22. The number of likely N-dealkylation sites (N-methyl/N-ethyl adjacent to an activating group) is 1. The van der Waals surface area contributed by atoms with Crippen molar-refractivity contribution in [2.24, 2.45) is 5.92 Å². The summed E-state index contributed by atoms with van der Waals surface area (Å²) in [4.78, 5) is 13.8. The third-order valence-corrected chi connectivity index (χ3v) is 3.89. The van der Waals surface area contributed by atoms with E-state index >= 15 is 0 Å². The van der Waals surface area contributed by atoms with Crippen molar-refractivity contribution in [3.63, 3.8) is 0 Å². The number of hydrogen-bond acceptors (Lipinski definition) is 4. The van der Waals surface area contributed by atoms with E-state index in [-0.39, 0.29) is 11.9 Å². The predicted molar refractivity (Wildman–Crippen MR) is 60.8 cm³/mol.